The number of carbonyl (C=O) groups excluding carboxylic acids is 1. The van der Waals surface area contributed by atoms with Gasteiger partial charge in [0.1, 0.15) is 0 Å². The van der Waals surface area contributed by atoms with Crippen molar-refractivity contribution in [2.45, 2.75) is 59.0 Å². The molecule has 2 fully saturated rings. The van der Waals surface area contributed by atoms with Crippen LogP contribution in [0.4, 0.5) is 0 Å². The second kappa shape index (κ2) is 5.06. The Kier molecular flexibility index (Phi) is 3.94. The third kappa shape index (κ3) is 3.69. The molecule has 2 unspecified atom stereocenters. The Morgan fingerprint density at radius 3 is 2.21 bits per heavy atom. The van der Waals surface area contributed by atoms with E-state index in [0.717, 1.165) is 12.8 Å². The molecule has 0 aromatic heterocycles. The number of hydrogen-bond donors (Lipinski definition) is 2. The molecular formula is C15H28N2O2. The number of ether oxygens (including phenoxy) is 1. The first-order valence-corrected chi connectivity index (χ1v) is 7.32. The predicted octanol–water partition coefficient (Wildman–Crippen LogP) is 1.68. The summed E-state index contributed by atoms with van der Waals surface area (Å²) in [5, 5.41) is 3.20. The van der Waals surface area contributed by atoms with Gasteiger partial charge in [-0.25, -0.2) is 0 Å². The molecule has 1 amide bonds. The van der Waals surface area contributed by atoms with Gasteiger partial charge in [-0.2, -0.15) is 0 Å². The van der Waals surface area contributed by atoms with E-state index in [1.54, 1.807) is 0 Å². The van der Waals surface area contributed by atoms with E-state index in [0.29, 0.717) is 13.2 Å². The Morgan fingerprint density at radius 1 is 1.16 bits per heavy atom. The molecule has 1 saturated heterocycles. The maximum absolute atomic E-state index is 12.3. The van der Waals surface area contributed by atoms with Gasteiger partial charge in [-0.1, -0.05) is 27.7 Å². The Morgan fingerprint density at radius 2 is 1.74 bits per heavy atom. The molecule has 3 N–H and O–H groups in total. The lowest BCUT2D eigenvalue weighted by Gasteiger charge is -2.45. The summed E-state index contributed by atoms with van der Waals surface area (Å²) < 4.78 is 5.28. The monoisotopic (exact) mass is 268 g/mol. The molecule has 2 atom stereocenters. The van der Waals surface area contributed by atoms with Crippen LogP contribution in [0.2, 0.25) is 0 Å². The van der Waals surface area contributed by atoms with Gasteiger partial charge in [-0.15, -0.1) is 0 Å². The summed E-state index contributed by atoms with van der Waals surface area (Å²) >= 11 is 0. The van der Waals surface area contributed by atoms with Crippen molar-refractivity contribution >= 4 is 5.91 Å². The largest absolute Gasteiger partial charge is 0.379 e. The molecule has 19 heavy (non-hydrogen) atoms. The molecule has 4 nitrogen and oxygen atoms in total. The summed E-state index contributed by atoms with van der Waals surface area (Å²) in [5.41, 5.74) is 6.48. The number of carbonyl (C=O) groups is 1. The number of hydrogen-bond acceptors (Lipinski definition) is 3. The topological polar surface area (TPSA) is 64.3 Å². The van der Waals surface area contributed by atoms with Crippen LogP contribution in [-0.2, 0) is 9.53 Å². The van der Waals surface area contributed by atoms with Crippen LogP contribution < -0.4 is 11.1 Å². The van der Waals surface area contributed by atoms with Gasteiger partial charge < -0.3 is 15.8 Å². The summed E-state index contributed by atoms with van der Waals surface area (Å²) in [4.78, 5) is 12.3. The van der Waals surface area contributed by atoms with Crippen molar-refractivity contribution in [1.29, 1.82) is 0 Å². The molecule has 0 radical (unpaired) electrons. The lowest BCUT2D eigenvalue weighted by atomic mass is 9.63. The van der Waals surface area contributed by atoms with E-state index in [1.807, 2.05) is 0 Å². The maximum atomic E-state index is 12.3. The van der Waals surface area contributed by atoms with Crippen LogP contribution in [0.25, 0.3) is 0 Å². The molecule has 1 heterocycles. The standard InChI is InChI=1S/C15H28N2O2/c1-14(2)5-10(6-15(3,4)9-14)17-13(18)11-7-19-8-12(11)16/h10-12H,5-9,16H2,1-4H3,(H,17,18). The molecular weight excluding hydrogens is 240 g/mol. The average Bonchev–Trinajstić information content (AvgIpc) is 2.58. The third-order valence-electron chi connectivity index (χ3n) is 4.36. The van der Waals surface area contributed by atoms with Gasteiger partial charge in [0.05, 0.1) is 19.1 Å². The Balaban J connectivity index is 1.96. The summed E-state index contributed by atoms with van der Waals surface area (Å²) in [6.45, 7) is 10.1. The van der Waals surface area contributed by atoms with E-state index in [4.69, 9.17) is 10.5 Å². The molecule has 1 aliphatic heterocycles. The number of nitrogens with one attached hydrogen (secondary N) is 1. The SMILES string of the molecule is CC1(C)CC(NC(=O)C2COCC2N)CC(C)(C)C1. The summed E-state index contributed by atoms with van der Waals surface area (Å²) in [5.74, 6) is -0.100. The quantitative estimate of drug-likeness (QED) is 0.801. The van der Waals surface area contributed by atoms with E-state index in [9.17, 15) is 4.79 Å². The molecule has 1 aliphatic carbocycles. The molecule has 0 aromatic rings. The van der Waals surface area contributed by atoms with Crippen molar-refractivity contribution < 1.29 is 9.53 Å². The Hall–Kier alpha value is -0.610. The Labute approximate surface area is 116 Å². The summed E-state index contributed by atoms with van der Waals surface area (Å²) in [7, 11) is 0. The second-order valence-corrected chi connectivity index (χ2v) is 7.93. The minimum absolute atomic E-state index is 0.0727. The van der Waals surface area contributed by atoms with Crippen molar-refractivity contribution in [3.63, 3.8) is 0 Å². The molecule has 2 aliphatic rings. The van der Waals surface area contributed by atoms with Gasteiger partial charge in [-0.05, 0) is 30.1 Å². The van der Waals surface area contributed by atoms with Crippen LogP contribution >= 0.6 is 0 Å². The number of rotatable bonds is 2. The first kappa shape index (κ1) is 14.8. The highest BCUT2D eigenvalue weighted by atomic mass is 16.5. The van der Waals surface area contributed by atoms with Crippen LogP contribution in [0.1, 0.15) is 47.0 Å². The maximum Gasteiger partial charge on any atom is 0.227 e. The van der Waals surface area contributed by atoms with Gasteiger partial charge in [-0.3, -0.25) is 4.79 Å². The van der Waals surface area contributed by atoms with Crippen molar-refractivity contribution in [3.8, 4) is 0 Å². The highest BCUT2D eigenvalue weighted by Crippen LogP contribution is 2.45. The van der Waals surface area contributed by atoms with Crippen LogP contribution in [0.15, 0.2) is 0 Å². The van der Waals surface area contributed by atoms with Crippen LogP contribution in [0.5, 0.6) is 0 Å². The lowest BCUT2D eigenvalue weighted by Crippen LogP contribution is -2.50. The first-order valence-electron chi connectivity index (χ1n) is 7.32. The summed E-state index contributed by atoms with van der Waals surface area (Å²) in [6.07, 6.45) is 3.30. The Bertz CT molecular complexity index is 336. The van der Waals surface area contributed by atoms with Crippen LogP contribution in [0.3, 0.4) is 0 Å². The lowest BCUT2D eigenvalue weighted by molar-refractivity contribution is -0.126. The zero-order valence-corrected chi connectivity index (χ0v) is 12.7. The fourth-order valence-corrected chi connectivity index (χ4v) is 4.10. The van der Waals surface area contributed by atoms with Gasteiger partial charge >= 0.3 is 0 Å². The first-order chi connectivity index (χ1) is 8.69. The normalized spacial score (nSPS) is 34.2. The van der Waals surface area contributed by atoms with Gasteiger partial charge in [0.2, 0.25) is 5.91 Å². The fourth-order valence-electron chi connectivity index (χ4n) is 4.10. The van der Waals surface area contributed by atoms with Gasteiger partial charge in [0.25, 0.3) is 0 Å². The predicted molar refractivity (Wildman–Crippen MR) is 75.6 cm³/mol. The molecule has 0 spiro atoms. The van der Waals surface area contributed by atoms with Crippen molar-refractivity contribution in [2.24, 2.45) is 22.5 Å². The molecule has 2 rings (SSSR count). The van der Waals surface area contributed by atoms with Crippen molar-refractivity contribution in [2.75, 3.05) is 13.2 Å². The minimum atomic E-state index is -0.173. The van der Waals surface area contributed by atoms with Crippen LogP contribution in [0, 0.1) is 16.7 Å². The fraction of sp³-hybridized carbons (Fsp3) is 0.933. The second-order valence-electron chi connectivity index (χ2n) is 7.93. The molecule has 110 valence electrons. The number of nitrogens with two attached hydrogens (primary N) is 1. The third-order valence-corrected chi connectivity index (χ3v) is 4.36. The minimum Gasteiger partial charge on any atom is -0.379 e. The highest BCUT2D eigenvalue weighted by molar-refractivity contribution is 5.80. The van der Waals surface area contributed by atoms with E-state index < -0.39 is 0 Å². The van der Waals surface area contributed by atoms with E-state index in [1.165, 1.54) is 6.42 Å². The average molecular weight is 268 g/mol. The zero-order chi connectivity index (χ0) is 14.3. The van der Waals surface area contributed by atoms with E-state index in [2.05, 4.69) is 33.0 Å². The molecule has 1 saturated carbocycles. The van der Waals surface area contributed by atoms with E-state index >= 15 is 0 Å². The highest BCUT2D eigenvalue weighted by Gasteiger charge is 2.40. The zero-order valence-electron chi connectivity index (χ0n) is 12.7. The number of amides is 1. The summed E-state index contributed by atoms with van der Waals surface area (Å²) in [6, 6.07) is 0.115. The smallest absolute Gasteiger partial charge is 0.227 e. The van der Waals surface area contributed by atoms with Crippen LogP contribution in [-0.4, -0.2) is 31.2 Å². The van der Waals surface area contributed by atoms with Gasteiger partial charge in [0, 0.05) is 12.1 Å². The van der Waals surface area contributed by atoms with Gasteiger partial charge in [0.15, 0.2) is 0 Å². The molecule has 4 heteroatoms. The molecule has 0 bridgehead atoms. The van der Waals surface area contributed by atoms with E-state index in [-0.39, 0.29) is 34.7 Å². The van der Waals surface area contributed by atoms with Crippen molar-refractivity contribution in [1.82, 2.24) is 5.32 Å². The van der Waals surface area contributed by atoms with Crippen molar-refractivity contribution in [3.05, 3.63) is 0 Å². The molecule has 0 aromatic carbocycles.